The molecule has 0 unspecified atom stereocenters. The van der Waals surface area contributed by atoms with E-state index in [1.54, 1.807) is 0 Å². The van der Waals surface area contributed by atoms with E-state index in [0.717, 1.165) is 12.8 Å². The van der Waals surface area contributed by atoms with E-state index in [2.05, 4.69) is 5.32 Å². The molecule has 0 atom stereocenters. The number of halogens is 1. The number of hydrogen-bond donors (Lipinski definition) is 1. The average molecular weight is 248 g/mol. The zero-order chi connectivity index (χ0) is 11.6. The van der Waals surface area contributed by atoms with Gasteiger partial charge in [-0.1, -0.05) is 12.8 Å². The minimum Gasteiger partial charge on any atom is -0.376 e. The molecular weight excluding hydrogens is 226 g/mol. The van der Waals surface area contributed by atoms with Crippen LogP contribution >= 0.6 is 11.6 Å². The molecule has 0 aromatic rings. The van der Waals surface area contributed by atoms with Gasteiger partial charge in [0.25, 0.3) is 0 Å². The Morgan fingerprint density at radius 2 is 2.06 bits per heavy atom. The van der Waals surface area contributed by atoms with Crippen LogP contribution in [0.3, 0.4) is 0 Å². The Labute approximate surface area is 103 Å². The maximum atomic E-state index is 11.3. The smallest absolute Gasteiger partial charge is 0.220 e. The van der Waals surface area contributed by atoms with Crippen LogP contribution in [0.25, 0.3) is 0 Å². The fourth-order valence-electron chi connectivity index (χ4n) is 1.94. The zero-order valence-electron chi connectivity index (χ0n) is 9.84. The Balaban J connectivity index is 1.87. The lowest BCUT2D eigenvalue weighted by molar-refractivity contribution is -0.121. The third-order valence-electron chi connectivity index (χ3n) is 2.87. The molecule has 0 heterocycles. The standard InChI is InChI=1S/C12H22ClNO2/c13-8-4-3-7-12(15)14-9-10-16-11-5-1-2-6-11/h11H,1-10H2,(H,14,15). The Kier molecular flexibility index (Phi) is 7.60. The number of carbonyl (C=O) groups excluding carboxylic acids is 1. The first-order chi connectivity index (χ1) is 7.83. The summed E-state index contributed by atoms with van der Waals surface area (Å²) in [5.41, 5.74) is 0. The summed E-state index contributed by atoms with van der Waals surface area (Å²) in [5, 5.41) is 2.86. The van der Waals surface area contributed by atoms with Crippen molar-refractivity contribution in [3.63, 3.8) is 0 Å². The number of carbonyl (C=O) groups is 1. The minimum absolute atomic E-state index is 0.111. The molecule has 1 fully saturated rings. The molecule has 1 amide bonds. The minimum atomic E-state index is 0.111. The molecule has 1 aliphatic carbocycles. The maximum Gasteiger partial charge on any atom is 0.220 e. The van der Waals surface area contributed by atoms with Crippen LogP contribution in [0.1, 0.15) is 44.9 Å². The summed E-state index contributed by atoms with van der Waals surface area (Å²) in [6.07, 6.45) is 7.74. The lowest BCUT2D eigenvalue weighted by atomic mass is 10.2. The van der Waals surface area contributed by atoms with Gasteiger partial charge in [-0.05, 0) is 25.7 Å². The molecule has 1 saturated carbocycles. The number of unbranched alkanes of at least 4 members (excludes halogenated alkanes) is 1. The van der Waals surface area contributed by atoms with E-state index in [1.807, 2.05) is 0 Å². The summed E-state index contributed by atoms with van der Waals surface area (Å²) in [6.45, 7) is 1.28. The number of alkyl halides is 1. The SMILES string of the molecule is O=C(CCCCCl)NCCOC1CCCC1. The largest absolute Gasteiger partial charge is 0.376 e. The van der Waals surface area contributed by atoms with Gasteiger partial charge in [-0.15, -0.1) is 11.6 Å². The van der Waals surface area contributed by atoms with Crippen LogP contribution in [-0.4, -0.2) is 31.0 Å². The van der Waals surface area contributed by atoms with Crippen molar-refractivity contribution in [3.8, 4) is 0 Å². The third kappa shape index (κ3) is 6.33. The highest BCUT2D eigenvalue weighted by atomic mass is 35.5. The van der Waals surface area contributed by atoms with E-state index < -0.39 is 0 Å². The molecule has 1 N–H and O–H groups in total. The first-order valence-corrected chi connectivity index (χ1v) is 6.80. The molecule has 0 saturated heterocycles. The zero-order valence-corrected chi connectivity index (χ0v) is 10.6. The van der Waals surface area contributed by atoms with Gasteiger partial charge in [0.1, 0.15) is 0 Å². The van der Waals surface area contributed by atoms with Crippen LogP contribution in [0, 0.1) is 0 Å². The van der Waals surface area contributed by atoms with Gasteiger partial charge < -0.3 is 10.1 Å². The summed E-state index contributed by atoms with van der Waals surface area (Å²) in [4.78, 5) is 11.3. The summed E-state index contributed by atoms with van der Waals surface area (Å²) in [7, 11) is 0. The molecule has 1 rings (SSSR count). The van der Waals surface area contributed by atoms with Gasteiger partial charge in [-0.2, -0.15) is 0 Å². The Hall–Kier alpha value is -0.280. The summed E-state index contributed by atoms with van der Waals surface area (Å²) >= 11 is 5.53. The molecule has 0 aromatic heterocycles. The molecular formula is C12H22ClNO2. The number of hydrogen-bond acceptors (Lipinski definition) is 2. The molecule has 4 heteroatoms. The number of ether oxygens (including phenoxy) is 1. The third-order valence-corrected chi connectivity index (χ3v) is 3.13. The highest BCUT2D eigenvalue weighted by Crippen LogP contribution is 2.20. The molecule has 1 aliphatic rings. The van der Waals surface area contributed by atoms with Crippen LogP contribution in [0.15, 0.2) is 0 Å². The van der Waals surface area contributed by atoms with Gasteiger partial charge in [-0.25, -0.2) is 0 Å². The van der Waals surface area contributed by atoms with E-state index in [9.17, 15) is 4.79 Å². The first-order valence-electron chi connectivity index (χ1n) is 6.27. The Morgan fingerprint density at radius 3 is 2.75 bits per heavy atom. The molecule has 94 valence electrons. The van der Waals surface area contributed by atoms with Crippen molar-refractivity contribution in [2.75, 3.05) is 19.0 Å². The van der Waals surface area contributed by atoms with Crippen LogP contribution in [0.4, 0.5) is 0 Å². The second-order valence-corrected chi connectivity index (χ2v) is 4.65. The molecule has 0 aliphatic heterocycles. The normalized spacial score (nSPS) is 16.6. The number of amides is 1. The van der Waals surface area contributed by atoms with E-state index in [-0.39, 0.29) is 5.91 Å². The van der Waals surface area contributed by atoms with Crippen LogP contribution in [-0.2, 0) is 9.53 Å². The predicted molar refractivity (Wildman–Crippen MR) is 65.8 cm³/mol. The van der Waals surface area contributed by atoms with Gasteiger partial charge in [-0.3, -0.25) is 4.79 Å². The van der Waals surface area contributed by atoms with Crippen molar-refractivity contribution < 1.29 is 9.53 Å². The lowest BCUT2D eigenvalue weighted by Gasteiger charge is -2.11. The number of rotatable bonds is 8. The second-order valence-electron chi connectivity index (χ2n) is 4.27. The van der Waals surface area contributed by atoms with Gasteiger partial charge in [0.15, 0.2) is 0 Å². The van der Waals surface area contributed by atoms with E-state index in [1.165, 1.54) is 25.7 Å². The quantitative estimate of drug-likeness (QED) is 0.529. The predicted octanol–water partition coefficient (Wildman–Crippen LogP) is 2.47. The van der Waals surface area contributed by atoms with Crippen LogP contribution in [0.5, 0.6) is 0 Å². The second kappa shape index (κ2) is 8.82. The number of nitrogens with one attached hydrogen (secondary N) is 1. The fraction of sp³-hybridized carbons (Fsp3) is 0.917. The summed E-state index contributed by atoms with van der Waals surface area (Å²) in [6, 6.07) is 0. The molecule has 0 spiro atoms. The average Bonchev–Trinajstić information content (AvgIpc) is 2.78. The van der Waals surface area contributed by atoms with E-state index in [4.69, 9.17) is 16.3 Å². The topological polar surface area (TPSA) is 38.3 Å². The Bertz CT molecular complexity index is 193. The highest BCUT2D eigenvalue weighted by Gasteiger charge is 2.14. The summed E-state index contributed by atoms with van der Waals surface area (Å²) in [5.74, 6) is 0.748. The highest BCUT2D eigenvalue weighted by molar-refractivity contribution is 6.17. The monoisotopic (exact) mass is 247 g/mol. The molecule has 0 bridgehead atoms. The van der Waals surface area contributed by atoms with Gasteiger partial charge in [0.2, 0.25) is 5.91 Å². The van der Waals surface area contributed by atoms with Gasteiger partial charge in [0.05, 0.1) is 12.7 Å². The molecule has 0 aromatic carbocycles. The van der Waals surface area contributed by atoms with Gasteiger partial charge in [0, 0.05) is 18.8 Å². The van der Waals surface area contributed by atoms with E-state index in [0.29, 0.717) is 31.6 Å². The fourth-order valence-corrected chi connectivity index (χ4v) is 2.13. The van der Waals surface area contributed by atoms with Crippen molar-refractivity contribution in [2.24, 2.45) is 0 Å². The van der Waals surface area contributed by atoms with Crippen molar-refractivity contribution >= 4 is 17.5 Å². The van der Waals surface area contributed by atoms with Crippen molar-refractivity contribution in [2.45, 2.75) is 51.0 Å². The Morgan fingerprint density at radius 1 is 1.31 bits per heavy atom. The lowest BCUT2D eigenvalue weighted by Crippen LogP contribution is -2.28. The molecule has 0 radical (unpaired) electrons. The summed E-state index contributed by atoms with van der Waals surface area (Å²) < 4.78 is 5.64. The molecule has 16 heavy (non-hydrogen) atoms. The molecule has 3 nitrogen and oxygen atoms in total. The first kappa shape index (κ1) is 13.8. The van der Waals surface area contributed by atoms with E-state index >= 15 is 0 Å². The van der Waals surface area contributed by atoms with Crippen LogP contribution in [0.2, 0.25) is 0 Å². The maximum absolute atomic E-state index is 11.3. The van der Waals surface area contributed by atoms with Crippen molar-refractivity contribution in [1.29, 1.82) is 0 Å². The van der Waals surface area contributed by atoms with Crippen molar-refractivity contribution in [3.05, 3.63) is 0 Å². The van der Waals surface area contributed by atoms with Gasteiger partial charge >= 0.3 is 0 Å². The van der Waals surface area contributed by atoms with Crippen LogP contribution < -0.4 is 5.32 Å². The van der Waals surface area contributed by atoms with Crippen molar-refractivity contribution in [1.82, 2.24) is 5.32 Å².